The van der Waals surface area contributed by atoms with Crippen molar-refractivity contribution in [2.45, 2.75) is 26.3 Å². The third-order valence-electron chi connectivity index (χ3n) is 4.21. The van der Waals surface area contributed by atoms with E-state index >= 15 is 0 Å². The van der Waals surface area contributed by atoms with Gasteiger partial charge in [0, 0.05) is 36.2 Å². The summed E-state index contributed by atoms with van der Waals surface area (Å²) in [5.41, 5.74) is 9.39. The maximum Gasteiger partial charge on any atom is 0.165 e. The van der Waals surface area contributed by atoms with Gasteiger partial charge >= 0.3 is 0 Å². The molecule has 0 radical (unpaired) electrons. The molecule has 1 aromatic carbocycles. The average Bonchev–Trinajstić information content (AvgIpc) is 2.67. The molecule has 0 amide bonds. The monoisotopic (exact) mass is 349 g/mol. The van der Waals surface area contributed by atoms with Gasteiger partial charge in [-0.1, -0.05) is 19.1 Å². The van der Waals surface area contributed by atoms with E-state index in [2.05, 4.69) is 20.3 Å². The van der Waals surface area contributed by atoms with Crippen molar-refractivity contribution in [1.82, 2.24) is 15.0 Å². The first kappa shape index (κ1) is 17.8. The lowest BCUT2D eigenvalue weighted by Crippen LogP contribution is -2.28. The fourth-order valence-electron chi connectivity index (χ4n) is 2.50. The Morgan fingerprint density at radius 2 is 1.92 bits per heavy atom. The number of aromatic hydroxyl groups is 1. The van der Waals surface area contributed by atoms with Crippen molar-refractivity contribution in [2.24, 2.45) is 5.73 Å². The molecule has 0 aliphatic rings. The summed E-state index contributed by atoms with van der Waals surface area (Å²) in [7, 11) is 0. The molecule has 0 bridgehead atoms. The van der Waals surface area contributed by atoms with Gasteiger partial charge in [-0.3, -0.25) is 4.98 Å². The highest BCUT2D eigenvalue weighted by atomic mass is 16.3. The zero-order valence-electron chi connectivity index (χ0n) is 15.0. The molecule has 134 valence electrons. The Bertz CT molecular complexity index is 880. The number of phenols is 1. The van der Waals surface area contributed by atoms with Gasteiger partial charge in [0.15, 0.2) is 5.82 Å². The van der Waals surface area contributed by atoms with Gasteiger partial charge in [0.1, 0.15) is 11.6 Å². The van der Waals surface area contributed by atoms with E-state index < -0.39 is 0 Å². The minimum atomic E-state index is 0.0687. The van der Waals surface area contributed by atoms with Crippen LogP contribution < -0.4 is 11.1 Å². The molecule has 4 N–H and O–H groups in total. The molecule has 26 heavy (non-hydrogen) atoms. The lowest BCUT2D eigenvalue weighted by molar-refractivity contribution is 0.477. The molecule has 0 spiro atoms. The molecule has 2 heterocycles. The predicted octanol–water partition coefficient (Wildman–Crippen LogP) is 3.37. The molecular weight excluding hydrogens is 326 g/mol. The number of phenolic OH excluding ortho intramolecular Hbond substituents is 1. The maximum absolute atomic E-state index is 10.3. The summed E-state index contributed by atoms with van der Waals surface area (Å²) in [4.78, 5) is 13.1. The molecule has 6 nitrogen and oxygen atoms in total. The Kier molecular flexibility index (Phi) is 5.43. The normalized spacial score (nSPS) is 12.0. The van der Waals surface area contributed by atoms with Crippen molar-refractivity contribution in [3.05, 3.63) is 54.5 Å². The van der Waals surface area contributed by atoms with Crippen LogP contribution in [0, 0.1) is 6.92 Å². The number of hydrogen-bond donors (Lipinski definition) is 3. The largest absolute Gasteiger partial charge is 0.507 e. The number of anilines is 1. The van der Waals surface area contributed by atoms with E-state index in [0.717, 1.165) is 23.2 Å². The molecule has 3 rings (SSSR count). The SMILES string of the molecule is CC[C@H](N)CNc1ccnc(-c2cc(-c3ccc(C)nc3)ccc2O)n1. The first-order valence-electron chi connectivity index (χ1n) is 8.65. The van der Waals surface area contributed by atoms with Gasteiger partial charge in [-0.25, -0.2) is 9.97 Å². The molecule has 0 saturated carbocycles. The number of nitrogens with zero attached hydrogens (tertiary/aromatic N) is 3. The summed E-state index contributed by atoms with van der Waals surface area (Å²) < 4.78 is 0. The molecule has 0 saturated heterocycles. The highest BCUT2D eigenvalue weighted by Gasteiger charge is 2.11. The minimum Gasteiger partial charge on any atom is -0.507 e. The molecule has 0 fully saturated rings. The van der Waals surface area contributed by atoms with Gasteiger partial charge in [0.05, 0.1) is 5.56 Å². The van der Waals surface area contributed by atoms with Gasteiger partial charge in [-0.05, 0) is 43.2 Å². The van der Waals surface area contributed by atoms with Crippen molar-refractivity contribution in [1.29, 1.82) is 0 Å². The van der Waals surface area contributed by atoms with Crippen LogP contribution in [-0.2, 0) is 0 Å². The molecule has 0 aliphatic heterocycles. The number of nitrogens with two attached hydrogens (primary N) is 1. The second-order valence-electron chi connectivity index (χ2n) is 6.23. The van der Waals surface area contributed by atoms with Crippen molar-refractivity contribution in [3.63, 3.8) is 0 Å². The third-order valence-corrected chi connectivity index (χ3v) is 4.21. The maximum atomic E-state index is 10.3. The molecule has 3 aromatic rings. The fourth-order valence-corrected chi connectivity index (χ4v) is 2.50. The summed E-state index contributed by atoms with van der Waals surface area (Å²) in [5.74, 6) is 1.27. The molecule has 1 atom stereocenters. The first-order valence-corrected chi connectivity index (χ1v) is 8.65. The van der Waals surface area contributed by atoms with E-state index in [9.17, 15) is 5.11 Å². The minimum absolute atomic E-state index is 0.0687. The van der Waals surface area contributed by atoms with Gasteiger partial charge < -0.3 is 16.2 Å². The summed E-state index contributed by atoms with van der Waals surface area (Å²) >= 11 is 0. The van der Waals surface area contributed by atoms with Crippen LogP contribution in [0.25, 0.3) is 22.5 Å². The number of aromatic nitrogens is 3. The van der Waals surface area contributed by atoms with E-state index in [1.54, 1.807) is 18.3 Å². The van der Waals surface area contributed by atoms with E-state index in [1.165, 1.54) is 0 Å². The van der Waals surface area contributed by atoms with Crippen LogP contribution >= 0.6 is 0 Å². The van der Waals surface area contributed by atoms with Crippen LogP contribution in [0.15, 0.2) is 48.8 Å². The zero-order chi connectivity index (χ0) is 18.5. The van der Waals surface area contributed by atoms with Crippen LogP contribution in [0.2, 0.25) is 0 Å². The Hall–Kier alpha value is -2.99. The molecule has 2 aromatic heterocycles. The fraction of sp³-hybridized carbons (Fsp3) is 0.250. The number of benzene rings is 1. The summed E-state index contributed by atoms with van der Waals surface area (Å²) in [6.07, 6.45) is 4.37. The topological polar surface area (TPSA) is 97.0 Å². The van der Waals surface area contributed by atoms with Gasteiger partial charge in [0.2, 0.25) is 0 Å². The number of aryl methyl sites for hydroxylation is 1. The average molecular weight is 349 g/mol. The molecule has 0 aliphatic carbocycles. The standard InChI is InChI=1S/C20H23N5O/c1-3-16(21)12-24-19-8-9-22-20(25-19)17-10-14(6-7-18(17)26)15-5-4-13(2)23-11-15/h4-11,16,26H,3,12,21H2,1-2H3,(H,22,24,25)/t16-/m0/s1. The van der Waals surface area contributed by atoms with Gasteiger partial charge in [-0.2, -0.15) is 0 Å². The second-order valence-corrected chi connectivity index (χ2v) is 6.23. The summed E-state index contributed by atoms with van der Waals surface area (Å²) in [5, 5.41) is 13.5. The Morgan fingerprint density at radius 1 is 1.12 bits per heavy atom. The zero-order valence-corrected chi connectivity index (χ0v) is 15.0. The van der Waals surface area contributed by atoms with E-state index in [1.807, 2.05) is 44.3 Å². The second kappa shape index (κ2) is 7.93. The van der Waals surface area contributed by atoms with Crippen LogP contribution in [0.3, 0.4) is 0 Å². The van der Waals surface area contributed by atoms with E-state index in [0.29, 0.717) is 23.8 Å². The Balaban J connectivity index is 1.91. The molecular formula is C20H23N5O. The Labute approximate surface area is 153 Å². The highest BCUT2D eigenvalue weighted by Crippen LogP contribution is 2.32. The first-order chi connectivity index (χ1) is 12.6. The lowest BCUT2D eigenvalue weighted by Gasteiger charge is -2.12. The van der Waals surface area contributed by atoms with Crippen LogP contribution in [0.5, 0.6) is 5.75 Å². The summed E-state index contributed by atoms with van der Waals surface area (Å²) in [6.45, 7) is 4.62. The lowest BCUT2D eigenvalue weighted by atomic mass is 10.0. The number of hydrogen-bond acceptors (Lipinski definition) is 6. The summed E-state index contributed by atoms with van der Waals surface area (Å²) in [6, 6.07) is 11.2. The van der Waals surface area contributed by atoms with Gasteiger partial charge in [0.25, 0.3) is 0 Å². The predicted molar refractivity (Wildman–Crippen MR) is 104 cm³/mol. The number of nitrogens with one attached hydrogen (secondary N) is 1. The van der Waals surface area contributed by atoms with Crippen LogP contribution in [0.1, 0.15) is 19.0 Å². The van der Waals surface area contributed by atoms with Crippen LogP contribution in [0.4, 0.5) is 5.82 Å². The molecule has 0 unspecified atom stereocenters. The number of pyridine rings is 1. The Morgan fingerprint density at radius 3 is 2.65 bits per heavy atom. The number of rotatable bonds is 6. The quantitative estimate of drug-likeness (QED) is 0.631. The van der Waals surface area contributed by atoms with E-state index in [-0.39, 0.29) is 11.8 Å². The highest BCUT2D eigenvalue weighted by molar-refractivity contribution is 5.74. The van der Waals surface area contributed by atoms with Crippen molar-refractivity contribution < 1.29 is 5.11 Å². The molecule has 6 heteroatoms. The van der Waals surface area contributed by atoms with Crippen LogP contribution in [-0.4, -0.2) is 32.6 Å². The van der Waals surface area contributed by atoms with Crippen molar-refractivity contribution >= 4 is 5.82 Å². The van der Waals surface area contributed by atoms with E-state index in [4.69, 9.17) is 5.73 Å². The van der Waals surface area contributed by atoms with Crippen molar-refractivity contribution in [2.75, 3.05) is 11.9 Å². The smallest absolute Gasteiger partial charge is 0.165 e. The van der Waals surface area contributed by atoms with Crippen molar-refractivity contribution in [3.8, 4) is 28.3 Å². The third kappa shape index (κ3) is 4.15. The van der Waals surface area contributed by atoms with Gasteiger partial charge in [-0.15, -0.1) is 0 Å².